The molecule has 0 aromatic heterocycles. The van der Waals surface area contributed by atoms with E-state index in [-0.39, 0.29) is 11.9 Å². The molecule has 0 bridgehead atoms. The van der Waals surface area contributed by atoms with Gasteiger partial charge in [-0.3, -0.25) is 10.2 Å². The number of hydrogen-bond donors (Lipinski definition) is 3. The first-order chi connectivity index (χ1) is 3.30. The highest BCUT2D eigenvalue weighted by Crippen LogP contribution is 1.79. The Morgan fingerprint density at radius 2 is 2.57 bits per heavy atom. The van der Waals surface area contributed by atoms with E-state index in [9.17, 15) is 4.79 Å². The maximum atomic E-state index is 10.3. The molecule has 4 nitrogen and oxygen atoms in total. The molecule has 0 aliphatic carbocycles. The third kappa shape index (κ3) is 0.703. The van der Waals surface area contributed by atoms with Crippen molar-refractivity contribution < 1.29 is 4.79 Å². The fourth-order valence-corrected chi connectivity index (χ4v) is 0.433. The number of nitrogens with two attached hydrogens (primary N) is 1. The summed E-state index contributed by atoms with van der Waals surface area (Å²) in [4.78, 5) is 10.3. The molecule has 1 rings (SSSR count). The smallest absolute Gasteiger partial charge is 0.252 e. The van der Waals surface area contributed by atoms with E-state index in [4.69, 9.17) is 5.73 Å². The first kappa shape index (κ1) is 4.55. The van der Waals surface area contributed by atoms with Crippen LogP contribution in [0.3, 0.4) is 0 Å². The molecule has 0 unspecified atom stereocenters. The second-order valence-electron chi connectivity index (χ2n) is 1.48. The molecule has 0 saturated carbocycles. The summed E-state index contributed by atoms with van der Waals surface area (Å²) in [5.41, 5.74) is 10.2. The zero-order valence-corrected chi connectivity index (χ0v) is 3.77. The Balaban J connectivity index is 2.48. The van der Waals surface area contributed by atoms with E-state index in [0.29, 0.717) is 6.54 Å². The largest absolute Gasteiger partial charge is 0.319 e. The Hall–Kier alpha value is -0.610. The van der Waals surface area contributed by atoms with Crippen molar-refractivity contribution >= 4 is 5.91 Å². The number of amides is 1. The van der Waals surface area contributed by atoms with Crippen LogP contribution in [-0.4, -0.2) is 18.5 Å². The number of nitrogens with one attached hydrogen (secondary N) is 2. The van der Waals surface area contributed by atoms with Crippen molar-refractivity contribution in [1.82, 2.24) is 10.9 Å². The summed E-state index contributed by atoms with van der Waals surface area (Å²) in [5.74, 6) is -0.125. The Kier molecular flexibility index (Phi) is 0.958. The first-order valence-corrected chi connectivity index (χ1v) is 2.09. The summed E-state index contributed by atoms with van der Waals surface area (Å²) in [6, 6.07) is -0.347. The summed E-state index contributed by atoms with van der Waals surface area (Å²) < 4.78 is 0. The summed E-state index contributed by atoms with van der Waals surface area (Å²) in [6.07, 6.45) is 0. The lowest BCUT2D eigenvalue weighted by Gasteiger charge is -1.89. The van der Waals surface area contributed by atoms with Crippen LogP contribution >= 0.6 is 0 Å². The minimum atomic E-state index is -0.347. The monoisotopic (exact) mass is 101 g/mol. The third-order valence-corrected chi connectivity index (χ3v) is 0.870. The van der Waals surface area contributed by atoms with E-state index in [2.05, 4.69) is 10.9 Å². The number of carbonyl (C=O) groups is 1. The maximum Gasteiger partial charge on any atom is 0.252 e. The van der Waals surface area contributed by atoms with E-state index in [1.807, 2.05) is 0 Å². The van der Waals surface area contributed by atoms with Gasteiger partial charge in [-0.1, -0.05) is 0 Å². The van der Waals surface area contributed by atoms with Crippen LogP contribution in [0.5, 0.6) is 0 Å². The van der Waals surface area contributed by atoms with Crippen molar-refractivity contribution in [3.05, 3.63) is 0 Å². The van der Waals surface area contributed by atoms with Crippen molar-refractivity contribution in [2.45, 2.75) is 6.04 Å². The minimum absolute atomic E-state index is 0.125. The van der Waals surface area contributed by atoms with Gasteiger partial charge < -0.3 is 5.73 Å². The SMILES string of the molecule is N[C@H]1CNNC1=O. The molecule has 0 radical (unpaired) electrons. The molecule has 0 aromatic rings. The van der Waals surface area contributed by atoms with Crippen LogP contribution in [0.1, 0.15) is 0 Å². The average molecular weight is 101 g/mol. The second-order valence-corrected chi connectivity index (χ2v) is 1.48. The molecule has 0 aromatic carbocycles. The number of hydrazine groups is 1. The molecule has 7 heavy (non-hydrogen) atoms. The lowest BCUT2D eigenvalue weighted by molar-refractivity contribution is -0.120. The van der Waals surface area contributed by atoms with Gasteiger partial charge in [0.05, 0.1) is 6.04 Å². The Bertz CT molecular complexity index is 92.2. The van der Waals surface area contributed by atoms with Crippen LogP contribution < -0.4 is 16.6 Å². The summed E-state index contributed by atoms with van der Waals surface area (Å²) in [7, 11) is 0. The molecule has 1 aliphatic rings. The van der Waals surface area contributed by atoms with Crippen LogP contribution in [-0.2, 0) is 4.79 Å². The van der Waals surface area contributed by atoms with Crippen molar-refractivity contribution in [3.8, 4) is 0 Å². The van der Waals surface area contributed by atoms with Crippen molar-refractivity contribution in [1.29, 1.82) is 0 Å². The van der Waals surface area contributed by atoms with Gasteiger partial charge in [-0.15, -0.1) is 0 Å². The van der Waals surface area contributed by atoms with Crippen LogP contribution in [0, 0.1) is 0 Å². The quantitative estimate of drug-likeness (QED) is 0.329. The fraction of sp³-hybridized carbons (Fsp3) is 0.667. The molecule has 40 valence electrons. The molecule has 1 saturated heterocycles. The molecule has 1 aliphatic heterocycles. The van der Waals surface area contributed by atoms with Gasteiger partial charge in [-0.2, -0.15) is 0 Å². The van der Waals surface area contributed by atoms with Crippen molar-refractivity contribution in [2.24, 2.45) is 5.73 Å². The second kappa shape index (κ2) is 1.48. The maximum absolute atomic E-state index is 10.3. The van der Waals surface area contributed by atoms with E-state index in [1.165, 1.54) is 0 Å². The number of carbonyl (C=O) groups excluding carboxylic acids is 1. The van der Waals surface area contributed by atoms with Crippen LogP contribution in [0.25, 0.3) is 0 Å². The van der Waals surface area contributed by atoms with E-state index in [1.54, 1.807) is 0 Å². The van der Waals surface area contributed by atoms with E-state index < -0.39 is 0 Å². The fourth-order valence-electron chi connectivity index (χ4n) is 0.433. The van der Waals surface area contributed by atoms with Crippen molar-refractivity contribution in [3.63, 3.8) is 0 Å². The Labute approximate surface area is 41.0 Å². The summed E-state index contributed by atoms with van der Waals surface area (Å²) in [5, 5.41) is 0. The molecule has 0 spiro atoms. The molecular formula is C3H7N3O. The zero-order chi connectivity index (χ0) is 5.28. The van der Waals surface area contributed by atoms with Gasteiger partial charge in [-0.05, 0) is 0 Å². The Morgan fingerprint density at radius 3 is 2.71 bits per heavy atom. The molecular weight excluding hydrogens is 94.1 g/mol. The molecule has 1 heterocycles. The van der Waals surface area contributed by atoms with Crippen molar-refractivity contribution in [2.75, 3.05) is 6.54 Å². The van der Waals surface area contributed by atoms with E-state index >= 15 is 0 Å². The standard InChI is InChI=1S/C3H7N3O/c4-2-1-5-6-3(2)7/h2,5H,1,4H2,(H,6,7)/t2-/m0/s1. The lowest BCUT2D eigenvalue weighted by Crippen LogP contribution is -2.31. The Morgan fingerprint density at radius 1 is 1.86 bits per heavy atom. The van der Waals surface area contributed by atoms with Crippen LogP contribution in [0.4, 0.5) is 0 Å². The van der Waals surface area contributed by atoms with Gasteiger partial charge in [0.1, 0.15) is 0 Å². The van der Waals surface area contributed by atoms with Gasteiger partial charge in [-0.25, -0.2) is 5.43 Å². The first-order valence-electron chi connectivity index (χ1n) is 2.09. The van der Waals surface area contributed by atoms with Gasteiger partial charge >= 0.3 is 0 Å². The molecule has 1 amide bonds. The number of hydrogen-bond acceptors (Lipinski definition) is 3. The molecule has 1 atom stereocenters. The third-order valence-electron chi connectivity index (χ3n) is 0.870. The normalized spacial score (nSPS) is 30.4. The molecule has 4 N–H and O–H groups in total. The number of rotatable bonds is 0. The van der Waals surface area contributed by atoms with Gasteiger partial charge in [0, 0.05) is 6.54 Å². The highest BCUT2D eigenvalue weighted by molar-refractivity contribution is 5.82. The van der Waals surface area contributed by atoms with Gasteiger partial charge in [0.15, 0.2) is 0 Å². The predicted octanol–water partition coefficient (Wildman–Crippen LogP) is -2.05. The highest BCUT2D eigenvalue weighted by Gasteiger charge is 2.17. The topological polar surface area (TPSA) is 67.2 Å². The highest BCUT2D eigenvalue weighted by atomic mass is 16.2. The minimum Gasteiger partial charge on any atom is -0.319 e. The van der Waals surface area contributed by atoms with Crippen LogP contribution in [0.15, 0.2) is 0 Å². The zero-order valence-electron chi connectivity index (χ0n) is 3.77. The van der Waals surface area contributed by atoms with Crippen LogP contribution in [0.2, 0.25) is 0 Å². The van der Waals surface area contributed by atoms with E-state index in [0.717, 1.165) is 0 Å². The average Bonchev–Trinajstić information content (AvgIpc) is 1.91. The predicted molar refractivity (Wildman–Crippen MR) is 24.1 cm³/mol. The van der Waals surface area contributed by atoms with Gasteiger partial charge in [0.25, 0.3) is 5.91 Å². The lowest BCUT2D eigenvalue weighted by atomic mass is 10.3. The summed E-state index contributed by atoms with van der Waals surface area (Å²) in [6.45, 7) is 0.541. The van der Waals surface area contributed by atoms with Gasteiger partial charge in [0.2, 0.25) is 0 Å². The molecule has 1 fully saturated rings. The molecule has 4 heteroatoms. The summed E-state index contributed by atoms with van der Waals surface area (Å²) >= 11 is 0.